The Hall–Kier alpha value is -1.63. The zero-order valence-corrected chi connectivity index (χ0v) is 13.1. The summed E-state index contributed by atoms with van der Waals surface area (Å²) in [6.45, 7) is 2.09. The molecule has 2 rings (SSSR count). The zero-order chi connectivity index (χ0) is 15.6. The number of hydrogen-bond acceptors (Lipinski definition) is 2. The van der Waals surface area contributed by atoms with E-state index in [0.717, 1.165) is 0 Å². The molecule has 0 saturated carbocycles. The van der Waals surface area contributed by atoms with Crippen LogP contribution in [0.25, 0.3) is 0 Å². The summed E-state index contributed by atoms with van der Waals surface area (Å²) in [6.07, 6.45) is 1.35. The highest BCUT2D eigenvalue weighted by Gasteiger charge is 2.48. The van der Waals surface area contributed by atoms with Crippen LogP contribution in [0, 0.1) is 5.82 Å². The molecular weight excluding hydrogens is 343 g/mol. The van der Waals surface area contributed by atoms with Crippen molar-refractivity contribution in [1.29, 1.82) is 0 Å². The molecular formula is C14H16BrFN2O3. The summed E-state index contributed by atoms with van der Waals surface area (Å²) in [5.41, 5.74) is -1.17. The molecule has 2 amide bonds. The lowest BCUT2D eigenvalue weighted by Gasteiger charge is -2.33. The Morgan fingerprint density at radius 1 is 1.52 bits per heavy atom. The van der Waals surface area contributed by atoms with Crippen molar-refractivity contribution in [1.82, 2.24) is 4.90 Å². The highest BCUT2D eigenvalue weighted by molar-refractivity contribution is 9.10. The highest BCUT2D eigenvalue weighted by Crippen LogP contribution is 2.33. The molecule has 0 aliphatic carbocycles. The number of rotatable bonds is 3. The van der Waals surface area contributed by atoms with E-state index in [0.29, 0.717) is 30.3 Å². The number of nitrogens with zero attached hydrogens (tertiary/aromatic N) is 1. The quantitative estimate of drug-likeness (QED) is 0.869. The van der Waals surface area contributed by atoms with E-state index in [1.807, 2.05) is 0 Å². The third-order valence-electron chi connectivity index (χ3n) is 3.89. The SMILES string of the molecule is CCC1(C(=O)O)CCCN1C(=O)Nc1ccc(Br)cc1F. The van der Waals surface area contributed by atoms with Gasteiger partial charge in [-0.15, -0.1) is 0 Å². The Morgan fingerprint density at radius 3 is 2.81 bits per heavy atom. The molecule has 1 aliphatic heterocycles. The van der Waals surface area contributed by atoms with Gasteiger partial charge in [-0.3, -0.25) is 0 Å². The molecule has 114 valence electrons. The van der Waals surface area contributed by atoms with Gasteiger partial charge in [-0.1, -0.05) is 22.9 Å². The van der Waals surface area contributed by atoms with Crippen LogP contribution < -0.4 is 5.32 Å². The zero-order valence-electron chi connectivity index (χ0n) is 11.5. The predicted molar refractivity (Wildman–Crippen MR) is 79.7 cm³/mol. The Labute approximate surface area is 130 Å². The molecule has 1 saturated heterocycles. The van der Waals surface area contributed by atoms with Crippen molar-refractivity contribution in [2.24, 2.45) is 0 Å². The Bertz CT molecular complexity index is 581. The van der Waals surface area contributed by atoms with Crippen molar-refractivity contribution in [2.75, 3.05) is 11.9 Å². The van der Waals surface area contributed by atoms with Gasteiger partial charge in [-0.25, -0.2) is 14.0 Å². The number of urea groups is 1. The number of amides is 2. The van der Waals surface area contributed by atoms with E-state index in [1.165, 1.54) is 17.0 Å². The van der Waals surface area contributed by atoms with Crippen LogP contribution in [-0.2, 0) is 4.79 Å². The summed E-state index contributed by atoms with van der Waals surface area (Å²) in [7, 11) is 0. The monoisotopic (exact) mass is 358 g/mol. The fourth-order valence-electron chi connectivity index (χ4n) is 2.69. The third-order valence-corrected chi connectivity index (χ3v) is 4.38. The average molecular weight is 359 g/mol. The van der Waals surface area contributed by atoms with Gasteiger partial charge in [-0.2, -0.15) is 0 Å². The molecule has 0 radical (unpaired) electrons. The number of carbonyl (C=O) groups is 2. The molecule has 21 heavy (non-hydrogen) atoms. The summed E-state index contributed by atoms with van der Waals surface area (Å²) < 4.78 is 14.3. The number of likely N-dealkylation sites (tertiary alicyclic amines) is 1. The molecule has 0 aromatic heterocycles. The number of hydrogen-bond donors (Lipinski definition) is 2. The van der Waals surface area contributed by atoms with Crippen molar-refractivity contribution >= 4 is 33.6 Å². The van der Waals surface area contributed by atoms with Crippen molar-refractivity contribution in [3.63, 3.8) is 0 Å². The van der Waals surface area contributed by atoms with Gasteiger partial charge in [0.2, 0.25) is 0 Å². The summed E-state index contributed by atoms with van der Waals surface area (Å²) in [6, 6.07) is 3.69. The molecule has 0 spiro atoms. The largest absolute Gasteiger partial charge is 0.479 e. The molecule has 5 nitrogen and oxygen atoms in total. The normalized spacial score (nSPS) is 21.4. The molecule has 7 heteroatoms. The Balaban J connectivity index is 2.21. The fourth-order valence-corrected chi connectivity index (χ4v) is 3.02. The Kier molecular flexibility index (Phi) is 4.51. The molecule has 1 heterocycles. The number of nitrogens with one attached hydrogen (secondary N) is 1. The maximum absolute atomic E-state index is 13.8. The van der Waals surface area contributed by atoms with Gasteiger partial charge < -0.3 is 15.3 Å². The number of carboxylic acid groups (broad SMARTS) is 1. The van der Waals surface area contributed by atoms with Gasteiger partial charge in [0, 0.05) is 11.0 Å². The first-order chi connectivity index (χ1) is 9.90. The molecule has 1 fully saturated rings. The predicted octanol–water partition coefficient (Wildman–Crippen LogP) is 3.45. The summed E-state index contributed by atoms with van der Waals surface area (Å²) in [4.78, 5) is 25.1. The first kappa shape index (κ1) is 15.8. The summed E-state index contributed by atoms with van der Waals surface area (Å²) >= 11 is 3.14. The van der Waals surface area contributed by atoms with Crippen LogP contribution in [0.15, 0.2) is 22.7 Å². The van der Waals surface area contributed by atoms with Gasteiger partial charge in [0.05, 0.1) is 5.69 Å². The second-order valence-corrected chi connectivity index (χ2v) is 5.92. The maximum atomic E-state index is 13.8. The fraction of sp³-hybridized carbons (Fsp3) is 0.429. The van der Waals surface area contributed by atoms with Crippen LogP contribution in [-0.4, -0.2) is 34.1 Å². The lowest BCUT2D eigenvalue weighted by Crippen LogP contribution is -2.54. The third kappa shape index (κ3) is 2.88. The molecule has 2 N–H and O–H groups in total. The number of benzene rings is 1. The van der Waals surface area contributed by atoms with Crippen LogP contribution in [0.4, 0.5) is 14.9 Å². The molecule has 1 atom stereocenters. The van der Waals surface area contributed by atoms with Crippen molar-refractivity contribution in [3.05, 3.63) is 28.5 Å². The number of aliphatic carboxylic acids is 1. The standard InChI is InChI=1S/C14H16BrFN2O3/c1-2-14(12(19)20)6-3-7-18(14)13(21)17-11-5-4-9(15)8-10(11)16/h4-5,8H,2-3,6-7H2,1H3,(H,17,21)(H,19,20). The van der Waals surface area contributed by atoms with Crippen molar-refractivity contribution in [2.45, 2.75) is 31.7 Å². The molecule has 1 aromatic carbocycles. The number of anilines is 1. The highest BCUT2D eigenvalue weighted by atomic mass is 79.9. The van der Waals surface area contributed by atoms with Gasteiger partial charge in [0.15, 0.2) is 0 Å². The van der Waals surface area contributed by atoms with E-state index < -0.39 is 23.4 Å². The number of carboxylic acids is 1. The number of carbonyl (C=O) groups excluding carboxylic acids is 1. The first-order valence-electron chi connectivity index (χ1n) is 6.68. The minimum Gasteiger partial charge on any atom is -0.479 e. The van der Waals surface area contributed by atoms with E-state index in [-0.39, 0.29) is 5.69 Å². The van der Waals surface area contributed by atoms with Crippen LogP contribution in [0.2, 0.25) is 0 Å². The van der Waals surface area contributed by atoms with E-state index in [4.69, 9.17) is 0 Å². The van der Waals surface area contributed by atoms with Crippen molar-refractivity contribution in [3.8, 4) is 0 Å². The smallest absolute Gasteiger partial charge is 0.329 e. The second-order valence-electron chi connectivity index (χ2n) is 5.00. The number of halogens is 2. The van der Waals surface area contributed by atoms with Gasteiger partial charge in [0.1, 0.15) is 11.4 Å². The van der Waals surface area contributed by atoms with Gasteiger partial charge in [0.25, 0.3) is 0 Å². The Morgan fingerprint density at radius 2 is 2.24 bits per heavy atom. The van der Waals surface area contributed by atoms with E-state index in [9.17, 15) is 19.1 Å². The van der Waals surface area contributed by atoms with Crippen LogP contribution >= 0.6 is 15.9 Å². The van der Waals surface area contributed by atoms with Crippen molar-refractivity contribution < 1.29 is 19.1 Å². The van der Waals surface area contributed by atoms with Gasteiger partial charge >= 0.3 is 12.0 Å². The first-order valence-corrected chi connectivity index (χ1v) is 7.47. The molecule has 1 unspecified atom stereocenters. The van der Waals surface area contributed by atoms with Crippen LogP contribution in [0.5, 0.6) is 0 Å². The molecule has 1 aliphatic rings. The van der Waals surface area contributed by atoms with Gasteiger partial charge in [-0.05, 0) is 37.5 Å². The summed E-state index contributed by atoms with van der Waals surface area (Å²) in [5.74, 6) is -1.59. The van der Waals surface area contributed by atoms with Crippen LogP contribution in [0.1, 0.15) is 26.2 Å². The maximum Gasteiger partial charge on any atom is 0.329 e. The van der Waals surface area contributed by atoms with Crippen LogP contribution in [0.3, 0.4) is 0 Å². The summed E-state index contributed by atoms with van der Waals surface area (Å²) in [5, 5.41) is 11.9. The lowest BCUT2D eigenvalue weighted by molar-refractivity contribution is -0.148. The average Bonchev–Trinajstić information content (AvgIpc) is 2.87. The minimum atomic E-state index is -1.20. The molecule has 1 aromatic rings. The minimum absolute atomic E-state index is 0.0329. The second kappa shape index (κ2) is 6.01. The van der Waals surface area contributed by atoms with E-state index in [1.54, 1.807) is 13.0 Å². The van der Waals surface area contributed by atoms with E-state index in [2.05, 4.69) is 21.2 Å². The lowest BCUT2D eigenvalue weighted by atomic mass is 9.93. The van der Waals surface area contributed by atoms with E-state index >= 15 is 0 Å². The molecule has 0 bridgehead atoms. The topological polar surface area (TPSA) is 69.6 Å².